The molecule has 0 aliphatic rings. The van der Waals surface area contributed by atoms with Gasteiger partial charge >= 0.3 is 0 Å². The smallest absolute Gasteiger partial charge is 0.202 e. The maximum Gasteiger partial charge on any atom is 0.202 e. The first kappa shape index (κ1) is 12.6. The third-order valence-electron chi connectivity index (χ3n) is 2.07. The highest BCUT2D eigenvalue weighted by Gasteiger charge is 2.09. The van der Waals surface area contributed by atoms with Gasteiger partial charge in [0.25, 0.3) is 0 Å². The summed E-state index contributed by atoms with van der Waals surface area (Å²) in [6, 6.07) is 0. The second kappa shape index (κ2) is 5.55. The van der Waals surface area contributed by atoms with Gasteiger partial charge in [0, 0.05) is 46.3 Å². The molecule has 1 aromatic heterocycles. The Hall–Kier alpha value is -0.490. The predicted octanol–water partition coefficient (Wildman–Crippen LogP) is 1.84. The number of nitrogens with zero attached hydrogens (tertiary/aromatic N) is 2. The van der Waals surface area contributed by atoms with Crippen molar-refractivity contribution < 1.29 is 4.21 Å². The van der Waals surface area contributed by atoms with Gasteiger partial charge in [-0.25, -0.2) is 4.98 Å². The van der Waals surface area contributed by atoms with Crippen LogP contribution in [-0.4, -0.2) is 31.6 Å². The highest BCUT2D eigenvalue weighted by molar-refractivity contribution is 7.84. The average Bonchev–Trinajstić information content (AvgIpc) is 2.62. The summed E-state index contributed by atoms with van der Waals surface area (Å²) in [5.41, 5.74) is 0. The SMILES string of the molecule is CC(C)c1nsc(NCC(C)S(C)=O)n1. The second-order valence-corrected chi connectivity index (χ2v) is 6.36. The molecule has 0 aromatic carbocycles. The van der Waals surface area contributed by atoms with Crippen molar-refractivity contribution in [2.45, 2.75) is 31.9 Å². The molecule has 6 heteroatoms. The lowest BCUT2D eigenvalue weighted by Crippen LogP contribution is -2.20. The van der Waals surface area contributed by atoms with E-state index in [1.807, 2.05) is 6.92 Å². The highest BCUT2D eigenvalue weighted by Crippen LogP contribution is 2.17. The molecule has 1 aromatic rings. The summed E-state index contributed by atoms with van der Waals surface area (Å²) in [4.78, 5) is 4.34. The Kier molecular flexibility index (Phi) is 4.66. The summed E-state index contributed by atoms with van der Waals surface area (Å²) in [5.74, 6) is 1.22. The van der Waals surface area contributed by atoms with Crippen molar-refractivity contribution in [3.05, 3.63) is 5.82 Å². The lowest BCUT2D eigenvalue weighted by molar-refractivity contribution is 0.679. The number of rotatable bonds is 5. The summed E-state index contributed by atoms with van der Waals surface area (Å²) in [6.45, 7) is 6.76. The van der Waals surface area contributed by atoms with Crippen LogP contribution in [0, 0.1) is 0 Å². The zero-order valence-electron chi connectivity index (χ0n) is 9.48. The van der Waals surface area contributed by atoms with Crippen LogP contribution in [0.5, 0.6) is 0 Å². The normalized spacial score (nSPS) is 15.3. The van der Waals surface area contributed by atoms with Crippen molar-refractivity contribution in [1.29, 1.82) is 0 Å². The van der Waals surface area contributed by atoms with Crippen molar-refractivity contribution in [2.24, 2.45) is 0 Å². The zero-order valence-corrected chi connectivity index (χ0v) is 11.1. The van der Waals surface area contributed by atoms with Gasteiger partial charge in [-0.3, -0.25) is 4.21 Å². The molecule has 0 aliphatic carbocycles. The Bertz CT molecular complexity index is 338. The molecule has 1 heterocycles. The molecule has 0 amide bonds. The first-order valence-electron chi connectivity index (χ1n) is 4.90. The van der Waals surface area contributed by atoms with E-state index in [1.54, 1.807) is 6.26 Å². The Labute approximate surface area is 97.1 Å². The van der Waals surface area contributed by atoms with Gasteiger partial charge in [-0.2, -0.15) is 4.37 Å². The Morgan fingerprint density at radius 2 is 2.13 bits per heavy atom. The number of nitrogens with one attached hydrogen (secondary N) is 1. The minimum atomic E-state index is -0.792. The summed E-state index contributed by atoms with van der Waals surface area (Å²) >= 11 is 1.36. The van der Waals surface area contributed by atoms with Crippen LogP contribution in [0.1, 0.15) is 32.5 Å². The van der Waals surface area contributed by atoms with Gasteiger partial charge in [-0.05, 0) is 6.92 Å². The standard InChI is InChI=1S/C9H17N3OS2/c1-6(2)8-11-9(14-12-8)10-5-7(3)15(4)13/h6-7H,5H2,1-4H3,(H,10,11,12). The van der Waals surface area contributed by atoms with E-state index in [4.69, 9.17) is 0 Å². The van der Waals surface area contributed by atoms with Crippen molar-refractivity contribution in [2.75, 3.05) is 18.1 Å². The fourth-order valence-electron chi connectivity index (χ4n) is 0.890. The molecule has 0 saturated carbocycles. The predicted molar refractivity (Wildman–Crippen MR) is 66.0 cm³/mol. The van der Waals surface area contributed by atoms with Crippen LogP contribution in [-0.2, 0) is 10.8 Å². The van der Waals surface area contributed by atoms with E-state index in [-0.39, 0.29) is 5.25 Å². The Morgan fingerprint density at radius 1 is 1.47 bits per heavy atom. The number of aromatic nitrogens is 2. The summed E-state index contributed by atoms with van der Waals surface area (Å²) < 4.78 is 15.3. The van der Waals surface area contributed by atoms with Crippen LogP contribution in [0.2, 0.25) is 0 Å². The quantitative estimate of drug-likeness (QED) is 0.862. The van der Waals surface area contributed by atoms with Gasteiger partial charge in [-0.15, -0.1) is 0 Å². The van der Waals surface area contributed by atoms with Crippen LogP contribution in [0.15, 0.2) is 0 Å². The van der Waals surface area contributed by atoms with Crippen LogP contribution in [0.25, 0.3) is 0 Å². The van der Waals surface area contributed by atoms with Gasteiger partial charge in [0.2, 0.25) is 5.13 Å². The third-order valence-corrected chi connectivity index (χ3v) is 4.05. The molecule has 4 nitrogen and oxygen atoms in total. The number of anilines is 1. The molecule has 0 fully saturated rings. The Morgan fingerprint density at radius 3 is 2.60 bits per heavy atom. The molecular weight excluding hydrogens is 230 g/mol. The van der Waals surface area contributed by atoms with Crippen LogP contribution < -0.4 is 5.32 Å². The van der Waals surface area contributed by atoms with Crippen LogP contribution >= 0.6 is 11.5 Å². The lowest BCUT2D eigenvalue weighted by atomic mass is 10.2. The summed E-state index contributed by atoms with van der Waals surface area (Å²) in [7, 11) is -0.792. The fourth-order valence-corrected chi connectivity index (χ4v) is 1.92. The molecule has 1 N–H and O–H groups in total. The summed E-state index contributed by atoms with van der Waals surface area (Å²) in [6.07, 6.45) is 1.71. The molecule has 1 rings (SSSR count). The van der Waals surface area contributed by atoms with E-state index in [9.17, 15) is 4.21 Å². The topological polar surface area (TPSA) is 54.9 Å². The van der Waals surface area contributed by atoms with E-state index in [0.29, 0.717) is 12.5 Å². The lowest BCUT2D eigenvalue weighted by Gasteiger charge is -2.07. The highest BCUT2D eigenvalue weighted by atomic mass is 32.2. The number of hydrogen-bond donors (Lipinski definition) is 1. The molecular formula is C9H17N3OS2. The van der Waals surface area contributed by atoms with Gasteiger partial charge in [-0.1, -0.05) is 13.8 Å². The molecule has 0 bridgehead atoms. The molecule has 15 heavy (non-hydrogen) atoms. The van der Waals surface area contributed by atoms with E-state index < -0.39 is 10.8 Å². The fraction of sp³-hybridized carbons (Fsp3) is 0.778. The Balaban J connectivity index is 2.47. The summed E-state index contributed by atoms with van der Waals surface area (Å²) in [5, 5.41) is 4.10. The van der Waals surface area contributed by atoms with E-state index in [0.717, 1.165) is 11.0 Å². The monoisotopic (exact) mass is 247 g/mol. The van der Waals surface area contributed by atoms with Crippen molar-refractivity contribution in [3.63, 3.8) is 0 Å². The van der Waals surface area contributed by atoms with Gasteiger partial charge in [0.1, 0.15) is 5.82 Å². The molecule has 0 spiro atoms. The first-order valence-corrected chi connectivity index (χ1v) is 7.30. The zero-order chi connectivity index (χ0) is 11.4. The first-order chi connectivity index (χ1) is 7.00. The second-order valence-electron chi connectivity index (χ2n) is 3.80. The molecule has 0 radical (unpaired) electrons. The van der Waals surface area contributed by atoms with Gasteiger partial charge in [0.05, 0.1) is 0 Å². The third kappa shape index (κ3) is 3.87. The minimum absolute atomic E-state index is 0.136. The molecule has 2 atom stereocenters. The molecule has 0 aliphatic heterocycles. The largest absolute Gasteiger partial charge is 0.359 e. The van der Waals surface area contributed by atoms with Crippen LogP contribution in [0.3, 0.4) is 0 Å². The maximum absolute atomic E-state index is 11.1. The van der Waals surface area contributed by atoms with E-state index in [1.165, 1.54) is 11.5 Å². The minimum Gasteiger partial charge on any atom is -0.359 e. The van der Waals surface area contributed by atoms with Crippen molar-refractivity contribution in [3.8, 4) is 0 Å². The van der Waals surface area contributed by atoms with Crippen molar-refractivity contribution in [1.82, 2.24) is 9.36 Å². The van der Waals surface area contributed by atoms with Gasteiger partial charge in [0.15, 0.2) is 0 Å². The molecule has 2 unspecified atom stereocenters. The average molecular weight is 247 g/mol. The van der Waals surface area contributed by atoms with E-state index in [2.05, 4.69) is 28.5 Å². The maximum atomic E-state index is 11.1. The van der Waals surface area contributed by atoms with Crippen LogP contribution in [0.4, 0.5) is 5.13 Å². The number of hydrogen-bond acceptors (Lipinski definition) is 5. The molecule has 86 valence electrons. The van der Waals surface area contributed by atoms with Gasteiger partial charge < -0.3 is 5.32 Å². The van der Waals surface area contributed by atoms with Crippen molar-refractivity contribution >= 4 is 27.5 Å². The van der Waals surface area contributed by atoms with E-state index >= 15 is 0 Å². The molecule has 0 saturated heterocycles.